The first-order chi connectivity index (χ1) is 6.41. The molecule has 0 N–H and O–H groups in total. The van der Waals surface area contributed by atoms with Crippen LogP contribution in [0.25, 0.3) is 0 Å². The summed E-state index contributed by atoms with van der Waals surface area (Å²) < 4.78 is 10.9. The Hall–Kier alpha value is -0.0800. The van der Waals surface area contributed by atoms with E-state index in [1.54, 1.807) is 0 Å². The molecule has 2 heteroatoms. The second kappa shape index (κ2) is 4.43. The Labute approximate surface area is 80.6 Å². The zero-order chi connectivity index (χ0) is 8.99. The van der Waals surface area contributed by atoms with Crippen molar-refractivity contribution < 1.29 is 9.47 Å². The van der Waals surface area contributed by atoms with Gasteiger partial charge in [-0.05, 0) is 24.7 Å². The van der Waals surface area contributed by atoms with E-state index >= 15 is 0 Å². The molecular formula is C11H20O2. The predicted molar refractivity (Wildman–Crippen MR) is 51.5 cm³/mol. The standard InChI is InChI=1S/C11H20O2/c1-2-4-6-11(5-3-1)7-8-12-10-13-9-11/h1-10H2. The van der Waals surface area contributed by atoms with Crippen LogP contribution in [0, 0.1) is 5.41 Å². The fraction of sp³-hybridized carbons (Fsp3) is 1.00. The van der Waals surface area contributed by atoms with Crippen molar-refractivity contribution in [3.05, 3.63) is 0 Å². The molecule has 2 fully saturated rings. The van der Waals surface area contributed by atoms with Crippen molar-refractivity contribution in [1.82, 2.24) is 0 Å². The molecule has 0 bridgehead atoms. The van der Waals surface area contributed by atoms with Crippen LogP contribution < -0.4 is 0 Å². The highest BCUT2D eigenvalue weighted by atomic mass is 16.7. The highest BCUT2D eigenvalue weighted by Gasteiger charge is 2.32. The average Bonchev–Trinajstić information content (AvgIpc) is 2.50. The molecule has 1 spiro atoms. The molecule has 1 heterocycles. The summed E-state index contributed by atoms with van der Waals surface area (Å²) in [6.45, 7) is 2.36. The fourth-order valence-corrected chi connectivity index (χ4v) is 2.61. The van der Waals surface area contributed by atoms with Crippen LogP contribution in [-0.4, -0.2) is 20.0 Å². The van der Waals surface area contributed by atoms with Crippen LogP contribution in [0.15, 0.2) is 0 Å². The first kappa shape index (κ1) is 9.47. The van der Waals surface area contributed by atoms with Crippen molar-refractivity contribution in [1.29, 1.82) is 0 Å². The molecule has 2 aliphatic rings. The second-order valence-corrected chi connectivity index (χ2v) is 4.54. The Morgan fingerprint density at radius 3 is 2.31 bits per heavy atom. The van der Waals surface area contributed by atoms with Gasteiger partial charge in [-0.15, -0.1) is 0 Å². The maximum absolute atomic E-state index is 5.52. The topological polar surface area (TPSA) is 18.5 Å². The van der Waals surface area contributed by atoms with E-state index < -0.39 is 0 Å². The van der Waals surface area contributed by atoms with E-state index in [-0.39, 0.29) is 0 Å². The van der Waals surface area contributed by atoms with E-state index in [0.29, 0.717) is 12.2 Å². The Bertz CT molecular complexity index is 119. The van der Waals surface area contributed by atoms with Crippen molar-refractivity contribution in [2.75, 3.05) is 20.0 Å². The lowest BCUT2D eigenvalue weighted by atomic mass is 9.78. The van der Waals surface area contributed by atoms with Crippen LogP contribution in [0.4, 0.5) is 0 Å². The van der Waals surface area contributed by atoms with Gasteiger partial charge in [0.05, 0.1) is 13.2 Å². The molecule has 0 radical (unpaired) electrons. The van der Waals surface area contributed by atoms with Gasteiger partial charge in [0.2, 0.25) is 0 Å². The van der Waals surface area contributed by atoms with E-state index in [0.717, 1.165) is 13.2 Å². The van der Waals surface area contributed by atoms with Gasteiger partial charge in [0, 0.05) is 0 Å². The van der Waals surface area contributed by atoms with Gasteiger partial charge in [0.1, 0.15) is 6.79 Å². The third-order valence-electron chi connectivity index (χ3n) is 3.52. The first-order valence-electron chi connectivity index (χ1n) is 5.57. The lowest BCUT2D eigenvalue weighted by Crippen LogP contribution is -2.25. The Morgan fingerprint density at radius 1 is 0.769 bits per heavy atom. The largest absolute Gasteiger partial charge is 0.355 e. The van der Waals surface area contributed by atoms with Gasteiger partial charge >= 0.3 is 0 Å². The van der Waals surface area contributed by atoms with E-state index in [2.05, 4.69) is 0 Å². The minimum atomic E-state index is 0.479. The SMILES string of the molecule is C1CCCC2(CC1)CCOCOC2. The van der Waals surface area contributed by atoms with Crippen molar-refractivity contribution in [3.8, 4) is 0 Å². The minimum absolute atomic E-state index is 0.479. The van der Waals surface area contributed by atoms with Crippen LogP contribution in [0.1, 0.15) is 44.9 Å². The molecule has 2 nitrogen and oxygen atoms in total. The average molecular weight is 184 g/mol. The molecule has 1 saturated carbocycles. The van der Waals surface area contributed by atoms with Gasteiger partial charge in [-0.2, -0.15) is 0 Å². The smallest absolute Gasteiger partial charge is 0.146 e. The molecule has 0 amide bonds. The van der Waals surface area contributed by atoms with Gasteiger partial charge in [0.25, 0.3) is 0 Å². The third-order valence-corrected chi connectivity index (χ3v) is 3.52. The Kier molecular flexibility index (Phi) is 3.23. The summed E-state index contributed by atoms with van der Waals surface area (Å²) in [6, 6.07) is 0. The lowest BCUT2D eigenvalue weighted by Gasteiger charge is -2.29. The summed E-state index contributed by atoms with van der Waals surface area (Å²) in [4.78, 5) is 0. The highest BCUT2D eigenvalue weighted by Crippen LogP contribution is 2.39. The van der Waals surface area contributed by atoms with Crippen LogP contribution >= 0.6 is 0 Å². The Morgan fingerprint density at radius 2 is 1.54 bits per heavy atom. The lowest BCUT2D eigenvalue weighted by molar-refractivity contribution is -0.0448. The molecule has 1 saturated heterocycles. The molecule has 0 atom stereocenters. The fourth-order valence-electron chi connectivity index (χ4n) is 2.61. The molecule has 0 aromatic rings. The Balaban J connectivity index is 1.97. The minimum Gasteiger partial charge on any atom is -0.355 e. The van der Waals surface area contributed by atoms with E-state index in [1.807, 2.05) is 0 Å². The van der Waals surface area contributed by atoms with Crippen molar-refractivity contribution in [2.24, 2.45) is 5.41 Å². The van der Waals surface area contributed by atoms with Gasteiger partial charge in [-0.25, -0.2) is 0 Å². The third kappa shape index (κ3) is 2.44. The monoisotopic (exact) mass is 184 g/mol. The molecule has 0 aromatic carbocycles. The van der Waals surface area contributed by atoms with Crippen LogP contribution in [0.2, 0.25) is 0 Å². The molecule has 1 aliphatic carbocycles. The molecule has 13 heavy (non-hydrogen) atoms. The molecule has 0 unspecified atom stereocenters. The van der Waals surface area contributed by atoms with Gasteiger partial charge in [-0.3, -0.25) is 0 Å². The van der Waals surface area contributed by atoms with Crippen molar-refractivity contribution in [3.63, 3.8) is 0 Å². The predicted octanol–water partition coefficient (Wildman–Crippen LogP) is 2.72. The zero-order valence-electron chi connectivity index (χ0n) is 8.39. The van der Waals surface area contributed by atoms with Crippen LogP contribution in [-0.2, 0) is 9.47 Å². The van der Waals surface area contributed by atoms with E-state index in [4.69, 9.17) is 9.47 Å². The van der Waals surface area contributed by atoms with Crippen LogP contribution in [0.3, 0.4) is 0 Å². The summed E-state index contributed by atoms with van der Waals surface area (Å²) >= 11 is 0. The van der Waals surface area contributed by atoms with E-state index in [9.17, 15) is 0 Å². The van der Waals surface area contributed by atoms with Crippen molar-refractivity contribution >= 4 is 0 Å². The summed E-state index contributed by atoms with van der Waals surface area (Å²) in [7, 11) is 0. The highest BCUT2D eigenvalue weighted by molar-refractivity contribution is 4.82. The van der Waals surface area contributed by atoms with Crippen LogP contribution in [0.5, 0.6) is 0 Å². The molecule has 2 rings (SSSR count). The number of hydrogen-bond acceptors (Lipinski definition) is 2. The molecule has 0 aromatic heterocycles. The number of ether oxygens (including phenoxy) is 2. The zero-order valence-corrected chi connectivity index (χ0v) is 8.39. The molecule has 76 valence electrons. The summed E-state index contributed by atoms with van der Waals surface area (Å²) in [5.41, 5.74) is 0.479. The quantitative estimate of drug-likeness (QED) is 0.576. The summed E-state index contributed by atoms with van der Waals surface area (Å²) in [5.74, 6) is 0. The molecule has 1 aliphatic heterocycles. The maximum Gasteiger partial charge on any atom is 0.146 e. The summed E-state index contributed by atoms with van der Waals surface area (Å²) in [6.07, 6.45) is 9.55. The van der Waals surface area contributed by atoms with Gasteiger partial charge in [-0.1, -0.05) is 25.7 Å². The number of hydrogen-bond donors (Lipinski definition) is 0. The number of rotatable bonds is 0. The van der Waals surface area contributed by atoms with Crippen molar-refractivity contribution in [2.45, 2.75) is 44.9 Å². The molecular weight excluding hydrogens is 164 g/mol. The van der Waals surface area contributed by atoms with Gasteiger partial charge in [0.15, 0.2) is 0 Å². The normalized spacial score (nSPS) is 29.5. The first-order valence-corrected chi connectivity index (χ1v) is 5.57. The van der Waals surface area contributed by atoms with E-state index in [1.165, 1.54) is 44.9 Å². The van der Waals surface area contributed by atoms with Gasteiger partial charge < -0.3 is 9.47 Å². The maximum atomic E-state index is 5.52. The summed E-state index contributed by atoms with van der Waals surface area (Å²) in [5, 5.41) is 0. The second-order valence-electron chi connectivity index (χ2n) is 4.54.